The summed E-state index contributed by atoms with van der Waals surface area (Å²) in [7, 11) is 0. The van der Waals surface area contributed by atoms with E-state index in [0.29, 0.717) is 0 Å². The fourth-order valence-corrected chi connectivity index (χ4v) is 4.61. The summed E-state index contributed by atoms with van der Waals surface area (Å²) >= 11 is 0. The van der Waals surface area contributed by atoms with Crippen LogP contribution < -0.4 is 10.6 Å². The molecule has 0 bridgehead atoms. The Labute approximate surface area is 204 Å². The van der Waals surface area contributed by atoms with Gasteiger partial charge in [0.15, 0.2) is 0 Å². The van der Waals surface area contributed by atoms with Gasteiger partial charge in [-0.15, -0.1) is 0 Å². The lowest BCUT2D eigenvalue weighted by molar-refractivity contribution is 0.523. The van der Waals surface area contributed by atoms with Gasteiger partial charge in [-0.3, -0.25) is 0 Å². The van der Waals surface area contributed by atoms with E-state index in [1.165, 1.54) is 167 Å². The summed E-state index contributed by atoms with van der Waals surface area (Å²) in [5.74, 6) is 0. The van der Waals surface area contributed by atoms with Crippen molar-refractivity contribution < 1.29 is 0 Å². The monoisotopic (exact) mass is 453 g/mol. The maximum atomic E-state index is 3.61. The first-order valence-electron chi connectivity index (χ1n) is 15.3. The van der Waals surface area contributed by atoms with Gasteiger partial charge in [-0.25, -0.2) is 0 Å². The summed E-state index contributed by atoms with van der Waals surface area (Å²) in [6.07, 6.45) is 34.5. The van der Waals surface area contributed by atoms with Crippen LogP contribution in [0.25, 0.3) is 0 Å². The highest BCUT2D eigenvalue weighted by Gasteiger charge is 1.95. The van der Waals surface area contributed by atoms with Crippen molar-refractivity contribution in [2.45, 2.75) is 168 Å². The zero-order valence-corrected chi connectivity index (χ0v) is 22.8. The molecule has 32 heavy (non-hydrogen) atoms. The highest BCUT2D eigenvalue weighted by atomic mass is 14.9. The average molecular weight is 453 g/mol. The molecule has 194 valence electrons. The average Bonchev–Trinajstić information content (AvgIpc) is 2.81. The fraction of sp³-hybridized carbons (Fsp3) is 1.00. The standard InChI is InChI=1S/C30H64N2/c1-3-5-7-9-11-13-15-17-19-21-23-25-27-31-29-30-32-28-26-24-22-20-18-16-14-12-10-8-6-4-2/h31-32H,3-30H2,1-2H3. The van der Waals surface area contributed by atoms with Gasteiger partial charge in [0.05, 0.1) is 0 Å². The maximum absolute atomic E-state index is 3.61. The molecule has 0 amide bonds. The molecule has 0 atom stereocenters. The molecule has 0 radical (unpaired) electrons. The van der Waals surface area contributed by atoms with Crippen LogP contribution in [0.15, 0.2) is 0 Å². The van der Waals surface area contributed by atoms with Crippen molar-refractivity contribution in [1.82, 2.24) is 10.6 Å². The normalized spacial score (nSPS) is 11.4. The number of rotatable bonds is 29. The molecule has 0 spiro atoms. The van der Waals surface area contributed by atoms with E-state index in [0.717, 1.165) is 13.1 Å². The minimum absolute atomic E-state index is 1.14. The van der Waals surface area contributed by atoms with Gasteiger partial charge in [0.1, 0.15) is 0 Å². The van der Waals surface area contributed by atoms with Crippen LogP contribution in [0.4, 0.5) is 0 Å². The second-order valence-corrected chi connectivity index (χ2v) is 10.3. The second-order valence-electron chi connectivity index (χ2n) is 10.3. The van der Waals surface area contributed by atoms with Crippen LogP contribution in [0.2, 0.25) is 0 Å². The molecule has 0 aliphatic carbocycles. The molecule has 0 saturated carbocycles. The van der Waals surface area contributed by atoms with Gasteiger partial charge in [0.25, 0.3) is 0 Å². The fourth-order valence-electron chi connectivity index (χ4n) is 4.61. The van der Waals surface area contributed by atoms with Crippen molar-refractivity contribution in [3.8, 4) is 0 Å². The van der Waals surface area contributed by atoms with E-state index in [2.05, 4.69) is 24.5 Å². The van der Waals surface area contributed by atoms with Crippen LogP contribution in [0, 0.1) is 0 Å². The van der Waals surface area contributed by atoms with Gasteiger partial charge in [0.2, 0.25) is 0 Å². The van der Waals surface area contributed by atoms with Crippen LogP contribution in [0.1, 0.15) is 168 Å². The Kier molecular flexibility index (Phi) is 30.8. The Morgan fingerprint density at radius 3 is 0.719 bits per heavy atom. The van der Waals surface area contributed by atoms with Gasteiger partial charge in [-0.2, -0.15) is 0 Å². The van der Waals surface area contributed by atoms with E-state index in [9.17, 15) is 0 Å². The lowest BCUT2D eigenvalue weighted by Crippen LogP contribution is -2.28. The van der Waals surface area contributed by atoms with Gasteiger partial charge >= 0.3 is 0 Å². The summed E-state index contributed by atoms with van der Waals surface area (Å²) in [4.78, 5) is 0. The van der Waals surface area contributed by atoms with E-state index < -0.39 is 0 Å². The topological polar surface area (TPSA) is 24.1 Å². The first-order valence-corrected chi connectivity index (χ1v) is 15.3. The zero-order chi connectivity index (χ0) is 23.2. The smallest absolute Gasteiger partial charge is 0.00767 e. The molecular formula is C30H64N2. The molecule has 2 N–H and O–H groups in total. The summed E-state index contributed by atoms with van der Waals surface area (Å²) < 4.78 is 0. The lowest BCUT2D eigenvalue weighted by atomic mass is 10.1. The number of nitrogens with one attached hydrogen (secondary N) is 2. The van der Waals surface area contributed by atoms with Gasteiger partial charge in [0, 0.05) is 13.1 Å². The molecule has 0 unspecified atom stereocenters. The third kappa shape index (κ3) is 29.9. The summed E-state index contributed by atoms with van der Waals surface area (Å²) in [6, 6.07) is 0. The molecule has 0 saturated heterocycles. The molecule has 0 rings (SSSR count). The van der Waals surface area contributed by atoms with Crippen molar-refractivity contribution in [2.24, 2.45) is 0 Å². The van der Waals surface area contributed by atoms with Crippen LogP contribution in [-0.4, -0.2) is 26.2 Å². The van der Waals surface area contributed by atoms with Gasteiger partial charge < -0.3 is 10.6 Å². The van der Waals surface area contributed by atoms with Crippen LogP contribution in [0.3, 0.4) is 0 Å². The summed E-state index contributed by atoms with van der Waals surface area (Å²) in [5, 5.41) is 7.21. The summed E-state index contributed by atoms with van der Waals surface area (Å²) in [6.45, 7) is 9.28. The van der Waals surface area contributed by atoms with Gasteiger partial charge in [-0.05, 0) is 25.9 Å². The van der Waals surface area contributed by atoms with Crippen LogP contribution in [0.5, 0.6) is 0 Å². The van der Waals surface area contributed by atoms with Crippen molar-refractivity contribution in [3.05, 3.63) is 0 Å². The summed E-state index contributed by atoms with van der Waals surface area (Å²) in [5.41, 5.74) is 0. The van der Waals surface area contributed by atoms with Crippen LogP contribution >= 0.6 is 0 Å². The maximum Gasteiger partial charge on any atom is 0.00767 e. The van der Waals surface area contributed by atoms with Gasteiger partial charge in [-0.1, -0.05) is 155 Å². The Hall–Kier alpha value is -0.0800. The van der Waals surface area contributed by atoms with Crippen molar-refractivity contribution in [2.75, 3.05) is 26.2 Å². The number of hydrogen-bond acceptors (Lipinski definition) is 2. The predicted octanol–water partition coefficient (Wildman–Crippen LogP) is 9.57. The lowest BCUT2D eigenvalue weighted by Gasteiger charge is -2.07. The quantitative estimate of drug-likeness (QED) is 0.110. The first kappa shape index (κ1) is 31.9. The molecule has 0 aliphatic rings. The van der Waals surface area contributed by atoms with E-state index in [4.69, 9.17) is 0 Å². The molecule has 0 aromatic rings. The molecule has 2 nitrogen and oxygen atoms in total. The van der Waals surface area contributed by atoms with Crippen molar-refractivity contribution in [3.63, 3.8) is 0 Å². The predicted molar refractivity (Wildman–Crippen MR) is 148 cm³/mol. The zero-order valence-electron chi connectivity index (χ0n) is 22.8. The molecule has 2 heteroatoms. The molecular weight excluding hydrogens is 388 g/mol. The second kappa shape index (κ2) is 30.9. The minimum Gasteiger partial charge on any atom is -0.315 e. The molecule has 0 aliphatic heterocycles. The van der Waals surface area contributed by atoms with E-state index in [1.54, 1.807) is 0 Å². The Morgan fingerprint density at radius 2 is 0.469 bits per heavy atom. The number of hydrogen-bond donors (Lipinski definition) is 2. The SMILES string of the molecule is CCCCCCCCCCCCCCNCCNCCCCCCCCCCCCCC. The molecule has 0 aromatic heterocycles. The van der Waals surface area contributed by atoms with Crippen molar-refractivity contribution in [1.29, 1.82) is 0 Å². The third-order valence-corrected chi connectivity index (χ3v) is 6.89. The molecule has 0 aromatic carbocycles. The highest BCUT2D eigenvalue weighted by molar-refractivity contribution is 4.55. The van der Waals surface area contributed by atoms with Crippen LogP contribution in [-0.2, 0) is 0 Å². The highest BCUT2D eigenvalue weighted by Crippen LogP contribution is 2.12. The Bertz CT molecular complexity index is 275. The molecule has 0 fully saturated rings. The van der Waals surface area contributed by atoms with Crippen molar-refractivity contribution >= 4 is 0 Å². The third-order valence-electron chi connectivity index (χ3n) is 6.89. The minimum atomic E-state index is 1.14. The molecule has 0 heterocycles. The van der Waals surface area contributed by atoms with E-state index >= 15 is 0 Å². The first-order chi connectivity index (χ1) is 15.9. The van der Waals surface area contributed by atoms with E-state index in [-0.39, 0.29) is 0 Å². The Morgan fingerprint density at radius 1 is 0.250 bits per heavy atom. The number of unbranched alkanes of at least 4 members (excludes halogenated alkanes) is 22. The largest absolute Gasteiger partial charge is 0.315 e. The Balaban J connectivity index is 2.98. The van der Waals surface area contributed by atoms with E-state index in [1.807, 2.05) is 0 Å².